The molecule has 9 heteroatoms. The fourth-order valence-electron chi connectivity index (χ4n) is 2.49. The van der Waals surface area contributed by atoms with Crippen molar-refractivity contribution in [1.82, 2.24) is 20.0 Å². The van der Waals surface area contributed by atoms with Gasteiger partial charge in [0.05, 0.1) is 12.0 Å². The molecule has 3 heterocycles. The summed E-state index contributed by atoms with van der Waals surface area (Å²) >= 11 is 0. The maximum absolute atomic E-state index is 10.4. The van der Waals surface area contributed by atoms with Crippen LogP contribution in [0.25, 0.3) is 11.0 Å². The van der Waals surface area contributed by atoms with Gasteiger partial charge in [-0.25, -0.2) is 0 Å². The van der Waals surface area contributed by atoms with E-state index in [0.29, 0.717) is 11.0 Å². The van der Waals surface area contributed by atoms with Gasteiger partial charge in [-0.3, -0.25) is 0 Å². The number of nitrogen functional groups attached to an aromatic ring is 1. The average Bonchev–Trinajstić information content (AvgIpc) is 2.92. The summed E-state index contributed by atoms with van der Waals surface area (Å²) in [7, 11) is 0. The fourth-order valence-corrected chi connectivity index (χ4v) is 2.49. The van der Waals surface area contributed by atoms with Gasteiger partial charge in [0.25, 0.3) is 0 Å². The van der Waals surface area contributed by atoms with Gasteiger partial charge in [0.15, 0.2) is 17.7 Å². The Kier molecular flexibility index (Phi) is 2.87. The number of hydrogen-bond acceptors (Lipinski definition) is 8. The highest BCUT2D eigenvalue weighted by Crippen LogP contribution is 2.39. The lowest BCUT2D eigenvalue weighted by molar-refractivity contribution is -0.0948. The molecule has 2 aromatic heterocycles. The van der Waals surface area contributed by atoms with Crippen molar-refractivity contribution in [2.75, 3.05) is 12.3 Å². The van der Waals surface area contributed by atoms with Crippen LogP contribution in [-0.2, 0) is 4.74 Å². The van der Waals surface area contributed by atoms with Crippen LogP contribution in [0, 0.1) is 0 Å². The lowest BCUT2D eigenvalue weighted by atomic mass is 9.96. The van der Waals surface area contributed by atoms with E-state index in [1.165, 1.54) is 11.5 Å². The van der Waals surface area contributed by atoms with E-state index in [1.807, 2.05) is 0 Å². The number of ether oxygens (including phenoxy) is 1. The molecular weight excluding hydrogens is 266 g/mol. The number of hydrogen-bond donors (Lipinski definition) is 4. The Bertz CT molecular complexity index is 643. The van der Waals surface area contributed by atoms with Crippen LogP contribution in [0.5, 0.6) is 0 Å². The van der Waals surface area contributed by atoms with Gasteiger partial charge in [-0.05, 0) is 18.2 Å². The Balaban J connectivity index is 2.10. The normalized spacial score (nSPS) is 33.9. The molecule has 1 fully saturated rings. The third kappa shape index (κ3) is 1.68. The average molecular weight is 281 g/mol. The zero-order valence-corrected chi connectivity index (χ0v) is 10.7. The molecule has 1 aliphatic rings. The molecule has 4 atom stereocenters. The summed E-state index contributed by atoms with van der Waals surface area (Å²) in [6, 6.07) is 1.67. The Morgan fingerprint density at radius 2 is 2.25 bits per heavy atom. The van der Waals surface area contributed by atoms with Crippen molar-refractivity contribution < 1.29 is 20.1 Å². The van der Waals surface area contributed by atoms with Gasteiger partial charge in [-0.15, -0.1) is 10.2 Å². The molecule has 0 aromatic carbocycles. The van der Waals surface area contributed by atoms with Gasteiger partial charge in [-0.1, -0.05) is 0 Å². The molecule has 0 bridgehead atoms. The van der Waals surface area contributed by atoms with Crippen LogP contribution in [0.4, 0.5) is 5.82 Å². The largest absolute Gasteiger partial charge is 0.394 e. The summed E-state index contributed by atoms with van der Waals surface area (Å²) in [6.45, 7) is 1.03. The first-order valence-electron chi connectivity index (χ1n) is 6.09. The Labute approximate surface area is 113 Å². The van der Waals surface area contributed by atoms with E-state index in [2.05, 4.69) is 15.4 Å². The summed E-state index contributed by atoms with van der Waals surface area (Å²) in [6.07, 6.45) is -1.40. The van der Waals surface area contributed by atoms with E-state index in [0.717, 1.165) is 0 Å². The molecule has 9 nitrogen and oxygen atoms in total. The monoisotopic (exact) mass is 281 g/mol. The third-order valence-corrected chi connectivity index (χ3v) is 3.64. The van der Waals surface area contributed by atoms with E-state index < -0.39 is 30.6 Å². The smallest absolute Gasteiger partial charge is 0.170 e. The molecule has 108 valence electrons. The van der Waals surface area contributed by atoms with Gasteiger partial charge in [0, 0.05) is 6.20 Å². The number of nitrogens with zero attached hydrogens (tertiary/aromatic N) is 4. The highest BCUT2D eigenvalue weighted by Gasteiger charge is 2.53. The number of rotatable bonds is 2. The first-order valence-corrected chi connectivity index (χ1v) is 6.09. The molecule has 20 heavy (non-hydrogen) atoms. The predicted octanol–water partition coefficient (Wildman–Crippen LogP) is -1.59. The zero-order valence-electron chi connectivity index (χ0n) is 10.7. The SMILES string of the molecule is CC1(O)C(O)[C@@H](CO)O[C@H]1n1ccc2c(N)nnnc21. The quantitative estimate of drug-likeness (QED) is 0.516. The van der Waals surface area contributed by atoms with Crippen molar-refractivity contribution >= 4 is 16.9 Å². The van der Waals surface area contributed by atoms with Gasteiger partial charge in [0.1, 0.15) is 17.8 Å². The zero-order chi connectivity index (χ0) is 14.5. The standard InChI is InChI=1S/C11H15N5O4/c1-11(19)7(18)6(4-17)20-10(11)16-3-2-5-8(12)13-15-14-9(5)16/h2-3,6-7,10,17-19H,4H2,1H3,(H2,12,13,14)/t6-,7?,10-,11?/m1/s1. The second-order valence-corrected chi connectivity index (χ2v) is 5.02. The lowest BCUT2D eigenvalue weighted by Gasteiger charge is -2.27. The van der Waals surface area contributed by atoms with Gasteiger partial charge in [-0.2, -0.15) is 0 Å². The molecule has 3 rings (SSSR count). The van der Waals surface area contributed by atoms with Crippen LogP contribution < -0.4 is 5.73 Å². The first-order chi connectivity index (χ1) is 9.46. The molecule has 1 aliphatic heterocycles. The van der Waals surface area contributed by atoms with E-state index in [-0.39, 0.29) is 5.82 Å². The van der Waals surface area contributed by atoms with Crippen LogP contribution in [-0.4, -0.2) is 59.7 Å². The van der Waals surface area contributed by atoms with Crippen LogP contribution >= 0.6 is 0 Å². The highest BCUT2D eigenvalue weighted by molar-refractivity contribution is 5.85. The molecule has 1 saturated heterocycles. The minimum atomic E-state index is -1.58. The number of aliphatic hydroxyl groups excluding tert-OH is 2. The second-order valence-electron chi connectivity index (χ2n) is 5.02. The summed E-state index contributed by atoms with van der Waals surface area (Å²) < 4.78 is 7.03. The molecule has 0 radical (unpaired) electrons. The molecule has 0 spiro atoms. The van der Waals surface area contributed by atoms with E-state index in [4.69, 9.17) is 10.5 Å². The van der Waals surface area contributed by atoms with Crippen LogP contribution in [0.2, 0.25) is 0 Å². The van der Waals surface area contributed by atoms with Gasteiger partial charge < -0.3 is 30.4 Å². The van der Waals surface area contributed by atoms with Crippen molar-refractivity contribution in [2.24, 2.45) is 0 Å². The van der Waals surface area contributed by atoms with Crippen molar-refractivity contribution in [3.8, 4) is 0 Å². The number of nitrogens with two attached hydrogens (primary N) is 1. The third-order valence-electron chi connectivity index (χ3n) is 3.64. The summed E-state index contributed by atoms with van der Waals surface area (Å²) in [5, 5.41) is 41.2. The Hall–Kier alpha value is -1.81. The van der Waals surface area contributed by atoms with Crippen molar-refractivity contribution in [3.05, 3.63) is 12.3 Å². The van der Waals surface area contributed by atoms with Crippen LogP contribution in [0.3, 0.4) is 0 Å². The first kappa shape index (κ1) is 13.2. The molecule has 0 aliphatic carbocycles. The fraction of sp³-hybridized carbons (Fsp3) is 0.545. The number of aromatic nitrogens is 4. The van der Waals surface area contributed by atoms with Crippen LogP contribution in [0.1, 0.15) is 13.2 Å². The topological polar surface area (TPSA) is 140 Å². The van der Waals surface area contributed by atoms with Gasteiger partial charge in [0.2, 0.25) is 0 Å². The Morgan fingerprint density at radius 3 is 2.90 bits per heavy atom. The molecule has 0 amide bonds. The second kappa shape index (κ2) is 4.35. The maximum atomic E-state index is 10.4. The minimum Gasteiger partial charge on any atom is -0.394 e. The number of fused-ring (bicyclic) bond motifs is 1. The molecule has 0 saturated carbocycles. The summed E-state index contributed by atoms with van der Waals surface area (Å²) in [5.41, 5.74) is 4.50. The van der Waals surface area contributed by atoms with Crippen LogP contribution in [0.15, 0.2) is 12.3 Å². The van der Waals surface area contributed by atoms with Gasteiger partial charge >= 0.3 is 0 Å². The number of anilines is 1. The molecular formula is C11H15N5O4. The molecule has 2 unspecified atom stereocenters. The number of aliphatic hydroxyl groups is 3. The maximum Gasteiger partial charge on any atom is 0.170 e. The predicted molar refractivity (Wildman–Crippen MR) is 67.4 cm³/mol. The van der Waals surface area contributed by atoms with Crippen molar-refractivity contribution in [1.29, 1.82) is 0 Å². The van der Waals surface area contributed by atoms with Crippen molar-refractivity contribution in [2.45, 2.75) is 31.0 Å². The van der Waals surface area contributed by atoms with Crippen molar-refractivity contribution in [3.63, 3.8) is 0 Å². The molecule has 5 N–H and O–H groups in total. The Morgan fingerprint density at radius 1 is 1.50 bits per heavy atom. The highest BCUT2D eigenvalue weighted by atomic mass is 16.6. The minimum absolute atomic E-state index is 0.214. The summed E-state index contributed by atoms with van der Waals surface area (Å²) in [4.78, 5) is 0. The van der Waals surface area contributed by atoms with E-state index >= 15 is 0 Å². The van der Waals surface area contributed by atoms with E-state index in [9.17, 15) is 15.3 Å². The molecule has 2 aromatic rings. The summed E-state index contributed by atoms with van der Waals surface area (Å²) in [5.74, 6) is 0.214. The van der Waals surface area contributed by atoms with E-state index in [1.54, 1.807) is 12.3 Å². The lowest BCUT2D eigenvalue weighted by Crippen LogP contribution is -2.44.